The van der Waals surface area contributed by atoms with Crippen LogP contribution in [0.25, 0.3) is 10.9 Å². The van der Waals surface area contributed by atoms with Crippen molar-refractivity contribution in [3.63, 3.8) is 0 Å². The van der Waals surface area contributed by atoms with Crippen LogP contribution in [0.4, 0.5) is 0 Å². The van der Waals surface area contributed by atoms with E-state index in [2.05, 4.69) is 54.9 Å². The Morgan fingerprint density at radius 2 is 1.68 bits per heavy atom. The molecule has 2 atom stereocenters. The first-order valence-corrected chi connectivity index (χ1v) is 13.8. The summed E-state index contributed by atoms with van der Waals surface area (Å²) in [5, 5.41) is 13.9. The summed E-state index contributed by atoms with van der Waals surface area (Å²) in [5.41, 5.74) is 6.92. The van der Waals surface area contributed by atoms with Crippen molar-refractivity contribution in [2.45, 2.75) is 72.6 Å². The van der Waals surface area contributed by atoms with E-state index in [1.807, 2.05) is 39.0 Å². The molecule has 0 radical (unpaired) electrons. The van der Waals surface area contributed by atoms with Gasteiger partial charge in [-0.3, -0.25) is 4.79 Å². The highest BCUT2D eigenvalue weighted by atomic mass is 35.5. The molecule has 6 nitrogen and oxygen atoms in total. The maximum Gasteiger partial charge on any atom is 0.344 e. The molecule has 1 amide bonds. The third kappa shape index (κ3) is 6.18. The molecule has 0 saturated carbocycles. The number of aryl methyl sites for hydroxylation is 1. The molecule has 3 aromatic carbocycles. The highest BCUT2D eigenvalue weighted by molar-refractivity contribution is 6.31. The van der Waals surface area contributed by atoms with Crippen LogP contribution in [0.1, 0.15) is 79.0 Å². The van der Waals surface area contributed by atoms with E-state index in [4.69, 9.17) is 16.3 Å². The smallest absolute Gasteiger partial charge is 0.344 e. The Balaban J connectivity index is 1.57. The summed E-state index contributed by atoms with van der Waals surface area (Å²) >= 11 is 6.51. The molecule has 2 N–H and O–H groups in total. The number of ether oxygens (including phenoxy) is 1. The van der Waals surface area contributed by atoms with Gasteiger partial charge in [0.2, 0.25) is 0 Å². The number of amides is 1. The number of nitrogens with zero attached hydrogens (tertiary/aromatic N) is 1. The van der Waals surface area contributed by atoms with Crippen LogP contribution in [-0.2, 0) is 16.8 Å². The molecule has 7 heteroatoms. The van der Waals surface area contributed by atoms with Crippen LogP contribution in [0.15, 0.2) is 60.7 Å². The molecule has 0 aliphatic rings. The lowest BCUT2D eigenvalue weighted by Gasteiger charge is -2.21. The van der Waals surface area contributed by atoms with Gasteiger partial charge in [0.05, 0.1) is 6.04 Å². The predicted octanol–water partition coefficient (Wildman–Crippen LogP) is 7.60. The molecule has 1 unspecified atom stereocenters. The number of carboxylic acid groups (broad SMARTS) is 1. The van der Waals surface area contributed by atoms with Gasteiger partial charge in [-0.25, -0.2) is 4.79 Å². The van der Waals surface area contributed by atoms with Gasteiger partial charge in [-0.05, 0) is 91.8 Å². The Morgan fingerprint density at radius 3 is 2.30 bits per heavy atom. The monoisotopic (exact) mass is 560 g/mol. The van der Waals surface area contributed by atoms with Crippen LogP contribution < -0.4 is 10.1 Å². The molecule has 0 saturated heterocycles. The summed E-state index contributed by atoms with van der Waals surface area (Å²) in [7, 11) is 0. The highest BCUT2D eigenvalue weighted by Gasteiger charge is 2.19. The number of carbonyl (C=O) groups excluding carboxylic acids is 1. The van der Waals surface area contributed by atoms with Crippen molar-refractivity contribution in [2.24, 2.45) is 0 Å². The topological polar surface area (TPSA) is 80.6 Å². The molecule has 0 aliphatic carbocycles. The summed E-state index contributed by atoms with van der Waals surface area (Å²) in [6.07, 6.45) is -0.972. The van der Waals surface area contributed by atoms with Gasteiger partial charge in [0, 0.05) is 33.7 Å². The molecule has 4 aromatic rings. The van der Waals surface area contributed by atoms with Gasteiger partial charge in [-0.15, -0.1) is 0 Å². The van der Waals surface area contributed by atoms with Crippen molar-refractivity contribution in [1.82, 2.24) is 9.88 Å². The minimum absolute atomic E-state index is 0.0770. The van der Waals surface area contributed by atoms with Crippen LogP contribution in [0.3, 0.4) is 0 Å². The molecule has 1 heterocycles. The van der Waals surface area contributed by atoms with Crippen molar-refractivity contribution in [1.29, 1.82) is 0 Å². The predicted molar refractivity (Wildman–Crippen MR) is 161 cm³/mol. The van der Waals surface area contributed by atoms with Crippen LogP contribution in [0.2, 0.25) is 5.02 Å². The zero-order valence-corrected chi connectivity index (χ0v) is 24.9. The number of halogens is 1. The first-order chi connectivity index (χ1) is 18.8. The van der Waals surface area contributed by atoms with E-state index in [-0.39, 0.29) is 17.4 Å². The van der Waals surface area contributed by atoms with Crippen LogP contribution >= 0.6 is 11.6 Å². The molecule has 210 valence electrons. The molecular weight excluding hydrogens is 524 g/mol. The Bertz CT molecular complexity index is 1560. The van der Waals surface area contributed by atoms with Crippen LogP contribution in [-0.4, -0.2) is 27.7 Å². The molecule has 4 rings (SSSR count). The zero-order chi connectivity index (χ0) is 29.4. The number of rotatable bonds is 8. The molecule has 0 fully saturated rings. The number of fused-ring (bicyclic) bond motifs is 1. The summed E-state index contributed by atoms with van der Waals surface area (Å²) in [5.74, 6) is -0.715. The van der Waals surface area contributed by atoms with Crippen molar-refractivity contribution in [3.05, 3.63) is 99.2 Å². The van der Waals surface area contributed by atoms with Gasteiger partial charge in [0.15, 0.2) is 6.10 Å². The largest absolute Gasteiger partial charge is 0.479 e. The fourth-order valence-corrected chi connectivity index (χ4v) is 4.98. The number of carbonyl (C=O) groups is 2. The van der Waals surface area contributed by atoms with Crippen molar-refractivity contribution in [3.8, 4) is 5.75 Å². The summed E-state index contributed by atoms with van der Waals surface area (Å²) < 4.78 is 7.70. The first kappa shape index (κ1) is 29.2. The van der Waals surface area contributed by atoms with Gasteiger partial charge in [-0.2, -0.15) is 0 Å². The third-order valence-corrected chi connectivity index (χ3v) is 7.90. The molecule has 0 spiro atoms. The van der Waals surface area contributed by atoms with E-state index in [1.165, 1.54) is 12.5 Å². The maximum absolute atomic E-state index is 13.2. The average Bonchev–Trinajstić information content (AvgIpc) is 3.14. The Labute approximate surface area is 240 Å². The van der Waals surface area contributed by atoms with Gasteiger partial charge in [0.25, 0.3) is 5.91 Å². The number of nitrogens with one attached hydrogen (secondary N) is 1. The van der Waals surface area contributed by atoms with E-state index < -0.39 is 12.1 Å². The number of aromatic nitrogens is 1. The standard InChI is InChI=1S/C33H37ClN2O4/c1-19-21(3)36(18-25-16-27(13-14-29(25)34)40-22(4)32(38)39)30-15-10-24(17-28(19)30)31(37)35-20(2)23-8-11-26(12-9-23)33(5,6)7/h8-17,20,22H,18H2,1-7H3,(H,35,37)(H,38,39)/t20-,22?/m0/s1. The van der Waals surface area contributed by atoms with Gasteiger partial charge < -0.3 is 19.7 Å². The molecule has 0 aliphatic heterocycles. The molecular formula is C33H37ClN2O4. The van der Waals surface area contributed by atoms with Crippen LogP contribution in [0, 0.1) is 13.8 Å². The average molecular weight is 561 g/mol. The van der Waals surface area contributed by atoms with Gasteiger partial charge >= 0.3 is 5.97 Å². The lowest BCUT2D eigenvalue weighted by molar-refractivity contribution is -0.144. The van der Waals surface area contributed by atoms with Crippen molar-refractivity contribution < 1.29 is 19.4 Å². The lowest BCUT2D eigenvalue weighted by Crippen LogP contribution is -2.26. The number of aliphatic carboxylic acids is 1. The molecule has 1 aromatic heterocycles. The Kier molecular flexibility index (Phi) is 8.31. The van der Waals surface area contributed by atoms with Crippen molar-refractivity contribution >= 4 is 34.4 Å². The van der Waals surface area contributed by atoms with E-state index >= 15 is 0 Å². The zero-order valence-electron chi connectivity index (χ0n) is 24.1. The minimum Gasteiger partial charge on any atom is -0.479 e. The lowest BCUT2D eigenvalue weighted by atomic mass is 9.86. The van der Waals surface area contributed by atoms with E-state index in [0.29, 0.717) is 22.9 Å². The van der Waals surface area contributed by atoms with Crippen LogP contribution in [0.5, 0.6) is 5.75 Å². The van der Waals surface area contributed by atoms with Gasteiger partial charge in [-0.1, -0.05) is 56.6 Å². The number of hydrogen-bond donors (Lipinski definition) is 2. The second kappa shape index (κ2) is 11.4. The SMILES string of the molecule is Cc1c(C)n(Cc2cc(OC(C)C(=O)O)ccc2Cl)c2ccc(C(=O)N[C@@H](C)c3ccc(C(C)(C)C)cc3)cc12. The number of hydrogen-bond acceptors (Lipinski definition) is 3. The van der Waals surface area contributed by atoms with Gasteiger partial charge in [0.1, 0.15) is 5.75 Å². The minimum atomic E-state index is -1.04. The van der Waals surface area contributed by atoms with E-state index in [1.54, 1.807) is 18.2 Å². The third-order valence-electron chi connectivity index (χ3n) is 7.53. The summed E-state index contributed by atoms with van der Waals surface area (Å²) in [6, 6.07) is 19.2. The quantitative estimate of drug-likeness (QED) is 0.232. The summed E-state index contributed by atoms with van der Waals surface area (Å²) in [4.78, 5) is 24.4. The fourth-order valence-electron chi connectivity index (χ4n) is 4.80. The molecule has 0 bridgehead atoms. The highest BCUT2D eigenvalue weighted by Crippen LogP contribution is 2.31. The number of carboxylic acids is 1. The molecule has 40 heavy (non-hydrogen) atoms. The normalized spacial score (nSPS) is 13.2. The first-order valence-electron chi connectivity index (χ1n) is 13.4. The summed E-state index contributed by atoms with van der Waals surface area (Å²) in [6.45, 7) is 14.6. The number of benzene rings is 3. The second-order valence-electron chi connectivity index (χ2n) is 11.4. The fraction of sp³-hybridized carbons (Fsp3) is 0.333. The second-order valence-corrected chi connectivity index (χ2v) is 11.9. The van der Waals surface area contributed by atoms with Crippen molar-refractivity contribution in [2.75, 3.05) is 0 Å². The van der Waals surface area contributed by atoms with E-state index in [9.17, 15) is 14.7 Å². The Hall–Kier alpha value is -3.77. The Morgan fingerprint density at radius 1 is 1.00 bits per heavy atom. The van der Waals surface area contributed by atoms with E-state index in [0.717, 1.165) is 33.3 Å². The maximum atomic E-state index is 13.2.